The quantitative estimate of drug-likeness (QED) is 0.511. The Hall–Kier alpha value is -3.12. The van der Waals surface area contributed by atoms with Crippen LogP contribution in [0, 0.1) is 5.92 Å². The Kier molecular flexibility index (Phi) is 6.90. The van der Waals surface area contributed by atoms with Crippen molar-refractivity contribution in [3.05, 3.63) is 76.9 Å². The molecule has 0 radical (unpaired) electrons. The van der Waals surface area contributed by atoms with Crippen LogP contribution in [0.5, 0.6) is 0 Å². The number of halogens is 1. The van der Waals surface area contributed by atoms with E-state index in [-0.39, 0.29) is 17.8 Å². The fourth-order valence-corrected chi connectivity index (χ4v) is 4.13. The van der Waals surface area contributed by atoms with Crippen molar-refractivity contribution in [2.75, 3.05) is 19.7 Å². The van der Waals surface area contributed by atoms with Crippen LogP contribution in [0.4, 0.5) is 0 Å². The van der Waals surface area contributed by atoms with E-state index in [0.717, 1.165) is 11.1 Å². The predicted octanol–water partition coefficient (Wildman–Crippen LogP) is 4.67. The van der Waals surface area contributed by atoms with Crippen LogP contribution in [0.1, 0.15) is 35.7 Å². The molecule has 0 spiro atoms. The average Bonchev–Trinajstić information content (AvgIpc) is 3.23. The first-order valence-corrected chi connectivity index (χ1v) is 11.3. The van der Waals surface area contributed by atoms with Crippen LogP contribution in [0.15, 0.2) is 60.8 Å². The summed E-state index contributed by atoms with van der Waals surface area (Å²) in [5.74, 6) is -0.385. The Balaban J connectivity index is 1.58. The van der Waals surface area contributed by atoms with Crippen molar-refractivity contribution in [3.63, 3.8) is 0 Å². The highest BCUT2D eigenvalue weighted by atomic mass is 35.5. The minimum Gasteiger partial charge on any atom is -0.466 e. The lowest BCUT2D eigenvalue weighted by molar-refractivity contribution is -0.149. The van der Waals surface area contributed by atoms with E-state index in [4.69, 9.17) is 21.4 Å². The Bertz CT molecular complexity index is 1070. The van der Waals surface area contributed by atoms with E-state index in [9.17, 15) is 9.59 Å². The van der Waals surface area contributed by atoms with Crippen molar-refractivity contribution in [1.82, 2.24) is 14.7 Å². The van der Waals surface area contributed by atoms with E-state index in [1.165, 1.54) is 0 Å². The first-order valence-electron chi connectivity index (χ1n) is 10.9. The molecule has 166 valence electrons. The van der Waals surface area contributed by atoms with Gasteiger partial charge in [0.25, 0.3) is 5.91 Å². The van der Waals surface area contributed by atoms with Gasteiger partial charge in [0.05, 0.1) is 24.6 Å². The number of aromatic nitrogens is 2. The molecule has 0 aliphatic carbocycles. The zero-order chi connectivity index (χ0) is 22.5. The number of carbonyl (C=O) groups is 2. The molecule has 0 saturated carbocycles. The van der Waals surface area contributed by atoms with Gasteiger partial charge in [-0.15, -0.1) is 0 Å². The summed E-state index contributed by atoms with van der Waals surface area (Å²) < 4.78 is 6.95. The van der Waals surface area contributed by atoms with E-state index < -0.39 is 0 Å². The lowest BCUT2D eigenvalue weighted by atomic mass is 9.96. The van der Waals surface area contributed by atoms with Gasteiger partial charge in [0.1, 0.15) is 5.69 Å². The third kappa shape index (κ3) is 5.02. The van der Waals surface area contributed by atoms with Crippen LogP contribution in [-0.2, 0) is 16.1 Å². The predicted molar refractivity (Wildman–Crippen MR) is 123 cm³/mol. The molecule has 0 unspecified atom stereocenters. The van der Waals surface area contributed by atoms with Gasteiger partial charge in [-0.2, -0.15) is 5.10 Å². The molecule has 7 heteroatoms. The van der Waals surface area contributed by atoms with E-state index >= 15 is 0 Å². The maximum Gasteiger partial charge on any atom is 0.309 e. The van der Waals surface area contributed by atoms with Crippen LogP contribution in [0.3, 0.4) is 0 Å². The number of amides is 1. The summed E-state index contributed by atoms with van der Waals surface area (Å²) in [4.78, 5) is 27.3. The van der Waals surface area contributed by atoms with Gasteiger partial charge < -0.3 is 9.64 Å². The van der Waals surface area contributed by atoms with E-state index in [1.54, 1.807) is 21.7 Å². The lowest BCUT2D eigenvalue weighted by Crippen LogP contribution is -2.40. The third-order valence-corrected chi connectivity index (χ3v) is 5.95. The molecule has 1 amide bonds. The molecule has 2 aromatic carbocycles. The Morgan fingerprint density at radius 1 is 1.06 bits per heavy atom. The summed E-state index contributed by atoms with van der Waals surface area (Å²) in [7, 11) is 0. The Morgan fingerprint density at radius 3 is 2.41 bits per heavy atom. The van der Waals surface area contributed by atoms with Crippen molar-refractivity contribution in [1.29, 1.82) is 0 Å². The molecule has 1 aromatic heterocycles. The van der Waals surface area contributed by atoms with Crippen LogP contribution in [-0.4, -0.2) is 46.3 Å². The minimum atomic E-state index is -0.169. The summed E-state index contributed by atoms with van der Waals surface area (Å²) >= 11 is 6.06. The van der Waals surface area contributed by atoms with Crippen LogP contribution in [0.25, 0.3) is 11.3 Å². The molecule has 3 aromatic rings. The summed E-state index contributed by atoms with van der Waals surface area (Å²) in [6.07, 6.45) is 3.04. The summed E-state index contributed by atoms with van der Waals surface area (Å²) in [6, 6.07) is 17.4. The molecule has 1 saturated heterocycles. The van der Waals surface area contributed by atoms with E-state index in [0.29, 0.717) is 55.4 Å². The molecule has 4 rings (SSSR count). The topological polar surface area (TPSA) is 64.4 Å². The van der Waals surface area contributed by atoms with Crippen molar-refractivity contribution in [2.24, 2.45) is 5.92 Å². The lowest BCUT2D eigenvalue weighted by Gasteiger charge is -2.30. The molecule has 0 N–H and O–H groups in total. The first-order chi connectivity index (χ1) is 15.5. The third-order valence-electron chi connectivity index (χ3n) is 5.70. The second-order valence-corrected chi connectivity index (χ2v) is 8.34. The van der Waals surface area contributed by atoms with E-state index in [1.807, 2.05) is 55.6 Å². The number of carbonyl (C=O) groups excluding carboxylic acids is 2. The van der Waals surface area contributed by atoms with Gasteiger partial charge in [-0.25, -0.2) is 0 Å². The van der Waals surface area contributed by atoms with Crippen molar-refractivity contribution in [3.8, 4) is 11.3 Å². The van der Waals surface area contributed by atoms with Crippen LogP contribution >= 0.6 is 11.6 Å². The number of esters is 1. The number of hydrogen-bond donors (Lipinski definition) is 0. The number of likely N-dealkylation sites (tertiary alicyclic amines) is 1. The molecule has 0 bridgehead atoms. The summed E-state index contributed by atoms with van der Waals surface area (Å²) in [5.41, 5.74) is 3.13. The standard InChI is InChI=1S/C25H26ClN3O3/c1-2-32-25(31)20-12-14-28(15-13-20)24(30)22-17-29(16-18-6-4-3-5-7-18)27-23(22)19-8-10-21(26)11-9-19/h3-11,17,20H,2,12-16H2,1H3. The fraction of sp³-hybridized carbons (Fsp3) is 0.320. The second-order valence-electron chi connectivity index (χ2n) is 7.90. The molecule has 1 aliphatic heterocycles. The molecule has 0 atom stereocenters. The summed E-state index contributed by atoms with van der Waals surface area (Å²) in [6.45, 7) is 3.79. The van der Waals surface area contributed by atoms with Gasteiger partial charge in [-0.05, 0) is 37.5 Å². The number of rotatable bonds is 6. The van der Waals surface area contributed by atoms with Crippen LogP contribution < -0.4 is 0 Å². The zero-order valence-electron chi connectivity index (χ0n) is 18.0. The monoisotopic (exact) mass is 451 g/mol. The maximum absolute atomic E-state index is 13.5. The van der Waals surface area contributed by atoms with E-state index in [2.05, 4.69) is 0 Å². The van der Waals surface area contributed by atoms with Crippen molar-refractivity contribution in [2.45, 2.75) is 26.3 Å². The van der Waals surface area contributed by atoms with Gasteiger partial charge in [0.15, 0.2) is 0 Å². The fourth-order valence-electron chi connectivity index (χ4n) is 4.00. The smallest absolute Gasteiger partial charge is 0.309 e. The summed E-state index contributed by atoms with van der Waals surface area (Å²) in [5, 5.41) is 5.37. The highest BCUT2D eigenvalue weighted by Crippen LogP contribution is 2.27. The number of hydrogen-bond acceptors (Lipinski definition) is 4. The van der Waals surface area contributed by atoms with Gasteiger partial charge in [0, 0.05) is 29.9 Å². The molecule has 32 heavy (non-hydrogen) atoms. The molecule has 2 heterocycles. The Labute approximate surface area is 192 Å². The Morgan fingerprint density at radius 2 is 1.75 bits per heavy atom. The number of piperidine rings is 1. The van der Waals surface area contributed by atoms with Crippen LogP contribution in [0.2, 0.25) is 5.02 Å². The zero-order valence-corrected chi connectivity index (χ0v) is 18.8. The highest BCUT2D eigenvalue weighted by molar-refractivity contribution is 6.30. The van der Waals surface area contributed by atoms with Gasteiger partial charge in [-0.3, -0.25) is 14.3 Å². The first kappa shape index (κ1) is 22.1. The second kappa shape index (κ2) is 10.0. The van der Waals surface area contributed by atoms with Crippen molar-refractivity contribution < 1.29 is 14.3 Å². The van der Waals surface area contributed by atoms with Gasteiger partial charge in [0.2, 0.25) is 0 Å². The number of benzene rings is 2. The average molecular weight is 452 g/mol. The molecule has 6 nitrogen and oxygen atoms in total. The molecule has 1 fully saturated rings. The number of nitrogens with zero attached hydrogens (tertiary/aromatic N) is 3. The van der Waals surface area contributed by atoms with Gasteiger partial charge >= 0.3 is 5.97 Å². The van der Waals surface area contributed by atoms with Gasteiger partial charge in [-0.1, -0.05) is 54.1 Å². The maximum atomic E-state index is 13.5. The molecular formula is C25H26ClN3O3. The SMILES string of the molecule is CCOC(=O)C1CCN(C(=O)c2cn(Cc3ccccc3)nc2-c2ccc(Cl)cc2)CC1. The normalized spacial score (nSPS) is 14.4. The highest BCUT2D eigenvalue weighted by Gasteiger charge is 2.30. The largest absolute Gasteiger partial charge is 0.466 e. The number of ether oxygens (including phenoxy) is 1. The van der Waals surface area contributed by atoms with Crippen molar-refractivity contribution >= 4 is 23.5 Å². The molecule has 1 aliphatic rings. The minimum absolute atomic E-state index is 0.0726. The molecular weight excluding hydrogens is 426 g/mol.